The van der Waals surface area contributed by atoms with Gasteiger partial charge in [0.15, 0.2) is 11.5 Å². The molecule has 0 bridgehead atoms. The third-order valence-corrected chi connectivity index (χ3v) is 4.29. The number of benzene rings is 2. The van der Waals surface area contributed by atoms with Crippen LogP contribution in [0.25, 0.3) is 0 Å². The zero-order chi connectivity index (χ0) is 17.5. The molecular weight excluding hydrogens is 318 g/mol. The second-order valence-electron chi connectivity index (χ2n) is 6.28. The number of rotatable bonds is 9. The van der Waals surface area contributed by atoms with E-state index < -0.39 is 6.10 Å². The Hall–Kier alpha value is -2.24. The molecule has 0 aromatic heterocycles. The molecule has 2 N–H and O–H groups in total. The maximum Gasteiger partial charge on any atom is 0.231 e. The summed E-state index contributed by atoms with van der Waals surface area (Å²) in [5.74, 6) is 2.57. The minimum Gasteiger partial charge on any atom is -0.491 e. The van der Waals surface area contributed by atoms with Gasteiger partial charge in [-0.25, -0.2) is 0 Å². The smallest absolute Gasteiger partial charge is 0.231 e. The fraction of sp³-hybridized carbons (Fsp3) is 0.400. The fourth-order valence-electron chi connectivity index (χ4n) is 2.75. The van der Waals surface area contributed by atoms with Crippen LogP contribution < -0.4 is 19.5 Å². The molecule has 0 aliphatic carbocycles. The normalized spacial score (nSPS) is 15.0. The molecular formula is C20H25NO4. The van der Waals surface area contributed by atoms with Crippen LogP contribution >= 0.6 is 0 Å². The summed E-state index contributed by atoms with van der Waals surface area (Å²) < 4.78 is 16.2. The molecule has 25 heavy (non-hydrogen) atoms. The van der Waals surface area contributed by atoms with Crippen LogP contribution in [0.15, 0.2) is 48.5 Å². The lowest BCUT2D eigenvalue weighted by Gasteiger charge is -2.15. The van der Waals surface area contributed by atoms with Crippen molar-refractivity contribution in [3.05, 3.63) is 54.1 Å². The van der Waals surface area contributed by atoms with Gasteiger partial charge in [0.2, 0.25) is 6.79 Å². The van der Waals surface area contributed by atoms with Crippen molar-refractivity contribution in [3.63, 3.8) is 0 Å². The van der Waals surface area contributed by atoms with Gasteiger partial charge in [-0.3, -0.25) is 0 Å². The van der Waals surface area contributed by atoms with Gasteiger partial charge in [0.1, 0.15) is 18.5 Å². The highest BCUT2D eigenvalue weighted by atomic mass is 16.7. The summed E-state index contributed by atoms with van der Waals surface area (Å²) in [5.41, 5.74) is 1.34. The van der Waals surface area contributed by atoms with E-state index in [1.807, 2.05) is 18.2 Å². The van der Waals surface area contributed by atoms with Gasteiger partial charge in [0.25, 0.3) is 0 Å². The zero-order valence-electron chi connectivity index (χ0n) is 14.5. The summed E-state index contributed by atoms with van der Waals surface area (Å²) in [6.45, 7) is 4.06. The maximum absolute atomic E-state index is 10.0. The Morgan fingerprint density at radius 1 is 1.12 bits per heavy atom. The van der Waals surface area contributed by atoms with E-state index in [9.17, 15) is 5.11 Å². The first-order chi connectivity index (χ1) is 12.2. The van der Waals surface area contributed by atoms with E-state index in [0.29, 0.717) is 24.0 Å². The van der Waals surface area contributed by atoms with Gasteiger partial charge in [0.05, 0.1) is 0 Å². The van der Waals surface area contributed by atoms with Gasteiger partial charge < -0.3 is 24.6 Å². The number of fused-ring (bicyclic) bond motifs is 1. The topological polar surface area (TPSA) is 60.0 Å². The van der Waals surface area contributed by atoms with Gasteiger partial charge in [-0.15, -0.1) is 0 Å². The van der Waals surface area contributed by atoms with Crippen LogP contribution in [0.5, 0.6) is 17.2 Å². The van der Waals surface area contributed by atoms with Gasteiger partial charge in [0, 0.05) is 12.6 Å². The average Bonchev–Trinajstić information content (AvgIpc) is 3.12. The molecule has 0 spiro atoms. The molecule has 1 aliphatic rings. The minimum atomic E-state index is -0.558. The Balaban J connectivity index is 1.32. The predicted molar refractivity (Wildman–Crippen MR) is 96.4 cm³/mol. The first-order valence-corrected chi connectivity index (χ1v) is 8.68. The van der Waals surface area contributed by atoms with Gasteiger partial charge in [-0.05, 0) is 36.6 Å². The first-order valence-electron chi connectivity index (χ1n) is 8.68. The van der Waals surface area contributed by atoms with Crippen LogP contribution in [0, 0.1) is 0 Å². The van der Waals surface area contributed by atoms with Crippen LogP contribution in [0.2, 0.25) is 0 Å². The molecule has 0 saturated heterocycles. The van der Waals surface area contributed by atoms with E-state index in [2.05, 4.69) is 36.5 Å². The third kappa shape index (κ3) is 5.11. The predicted octanol–water partition coefficient (Wildman–Crippen LogP) is 2.94. The Kier molecular flexibility index (Phi) is 6.14. The second-order valence-corrected chi connectivity index (χ2v) is 6.28. The Morgan fingerprint density at radius 2 is 1.92 bits per heavy atom. The molecule has 0 amide bonds. The van der Waals surface area contributed by atoms with E-state index in [-0.39, 0.29) is 13.4 Å². The number of nitrogens with one attached hydrogen (secondary N) is 1. The second kappa shape index (κ2) is 8.74. The van der Waals surface area contributed by atoms with Gasteiger partial charge >= 0.3 is 0 Å². The van der Waals surface area contributed by atoms with E-state index in [0.717, 1.165) is 18.7 Å². The van der Waals surface area contributed by atoms with Crippen molar-refractivity contribution in [1.29, 1.82) is 0 Å². The maximum atomic E-state index is 10.0. The average molecular weight is 343 g/mol. The number of hydrogen-bond donors (Lipinski definition) is 2. The molecule has 5 heteroatoms. The van der Waals surface area contributed by atoms with E-state index in [1.165, 1.54) is 5.56 Å². The van der Waals surface area contributed by atoms with Crippen molar-refractivity contribution >= 4 is 0 Å². The lowest BCUT2D eigenvalue weighted by Crippen LogP contribution is -2.32. The highest BCUT2D eigenvalue weighted by Crippen LogP contribution is 2.35. The minimum absolute atomic E-state index is 0.237. The largest absolute Gasteiger partial charge is 0.491 e. The molecule has 5 nitrogen and oxygen atoms in total. The molecule has 0 saturated carbocycles. The summed E-state index contributed by atoms with van der Waals surface area (Å²) in [6.07, 6.45) is 0.470. The van der Waals surface area contributed by atoms with Crippen molar-refractivity contribution in [1.82, 2.24) is 5.32 Å². The Morgan fingerprint density at radius 3 is 2.76 bits per heavy atom. The highest BCUT2D eigenvalue weighted by molar-refractivity contribution is 5.46. The first kappa shape index (κ1) is 17.6. The van der Waals surface area contributed by atoms with Crippen LogP contribution in [0.1, 0.15) is 24.8 Å². The summed E-state index contributed by atoms with van der Waals surface area (Å²) in [6, 6.07) is 15.9. The molecule has 1 aliphatic heterocycles. The van der Waals surface area contributed by atoms with Crippen LogP contribution in [0.4, 0.5) is 0 Å². The van der Waals surface area contributed by atoms with Crippen LogP contribution in [-0.4, -0.2) is 37.7 Å². The summed E-state index contributed by atoms with van der Waals surface area (Å²) in [4.78, 5) is 0. The molecule has 0 fully saturated rings. The third-order valence-electron chi connectivity index (χ3n) is 4.29. The number of ether oxygens (including phenoxy) is 3. The lowest BCUT2D eigenvalue weighted by molar-refractivity contribution is 0.106. The van der Waals surface area contributed by atoms with Crippen LogP contribution in [-0.2, 0) is 0 Å². The van der Waals surface area contributed by atoms with Crippen molar-refractivity contribution in [3.8, 4) is 17.2 Å². The summed E-state index contributed by atoms with van der Waals surface area (Å²) in [5, 5.41) is 13.3. The number of aliphatic hydroxyl groups excluding tert-OH is 1. The molecule has 2 aromatic carbocycles. The quantitative estimate of drug-likeness (QED) is 0.686. The number of aliphatic hydroxyl groups is 1. The van der Waals surface area contributed by atoms with E-state index >= 15 is 0 Å². The monoisotopic (exact) mass is 343 g/mol. The highest BCUT2D eigenvalue weighted by Gasteiger charge is 2.14. The van der Waals surface area contributed by atoms with E-state index in [4.69, 9.17) is 14.2 Å². The molecule has 2 atom stereocenters. The Labute approximate surface area is 148 Å². The summed E-state index contributed by atoms with van der Waals surface area (Å²) in [7, 11) is 0. The standard InChI is InChI=1S/C20H25NO4/c1-15(16-5-3-2-4-6-16)9-10-21-12-17(22)13-23-18-7-8-19-20(11-18)25-14-24-19/h2-8,11,15,17,21-22H,9-10,12-14H2,1H3. The SMILES string of the molecule is CC(CCNCC(O)COc1ccc2c(c1)OCO2)c1ccccc1. The van der Waals surface area contributed by atoms with Gasteiger partial charge in [-0.2, -0.15) is 0 Å². The number of hydrogen-bond acceptors (Lipinski definition) is 5. The van der Waals surface area contributed by atoms with E-state index in [1.54, 1.807) is 6.07 Å². The van der Waals surface area contributed by atoms with Crippen molar-refractivity contribution in [2.45, 2.75) is 25.4 Å². The molecule has 2 aromatic rings. The molecule has 1 heterocycles. The summed E-state index contributed by atoms with van der Waals surface area (Å²) >= 11 is 0. The molecule has 2 unspecified atom stereocenters. The van der Waals surface area contributed by atoms with Crippen molar-refractivity contribution in [2.75, 3.05) is 26.5 Å². The molecule has 3 rings (SSSR count). The van der Waals surface area contributed by atoms with Crippen LogP contribution in [0.3, 0.4) is 0 Å². The lowest BCUT2D eigenvalue weighted by atomic mass is 9.98. The van der Waals surface area contributed by atoms with Gasteiger partial charge in [-0.1, -0.05) is 37.3 Å². The Bertz CT molecular complexity index is 662. The molecule has 134 valence electrons. The molecule has 0 radical (unpaired) electrons. The zero-order valence-corrected chi connectivity index (χ0v) is 14.5. The fourth-order valence-corrected chi connectivity index (χ4v) is 2.75. The van der Waals surface area contributed by atoms with Crippen molar-refractivity contribution < 1.29 is 19.3 Å². The van der Waals surface area contributed by atoms with Crippen molar-refractivity contribution in [2.24, 2.45) is 0 Å².